The van der Waals surface area contributed by atoms with Gasteiger partial charge in [0.05, 0.1) is 25.2 Å². The lowest BCUT2D eigenvalue weighted by Gasteiger charge is -2.24. The predicted molar refractivity (Wildman–Crippen MR) is 241 cm³/mol. The number of hydrogen-bond acceptors (Lipinski definition) is 5. The fraction of sp³-hybridized carbons (Fsp3) is 0.840. The number of carbonyl (C=O) groups is 2. The summed E-state index contributed by atoms with van der Waals surface area (Å²) < 4.78 is 5.89. The average Bonchev–Trinajstić information content (AvgIpc) is 3.19. The van der Waals surface area contributed by atoms with Crippen LogP contribution in [0.25, 0.3) is 0 Å². The van der Waals surface area contributed by atoms with Crippen LogP contribution in [0.15, 0.2) is 36.5 Å². The molecule has 328 valence electrons. The molecule has 3 unspecified atom stereocenters. The summed E-state index contributed by atoms with van der Waals surface area (Å²) in [4.78, 5) is 26.0. The molecular weight excluding hydrogens is 695 g/mol. The molecule has 0 aliphatic rings. The minimum Gasteiger partial charge on any atom is -0.462 e. The number of carbonyl (C=O) groups excluding carboxylic acids is 2. The van der Waals surface area contributed by atoms with E-state index in [0.717, 1.165) is 77.0 Å². The average molecular weight is 788 g/mol. The number of rotatable bonds is 43. The van der Waals surface area contributed by atoms with Crippen molar-refractivity contribution in [2.45, 2.75) is 264 Å². The van der Waals surface area contributed by atoms with Crippen LogP contribution in [0.5, 0.6) is 0 Å². The Morgan fingerprint density at radius 3 is 1.45 bits per heavy atom. The third kappa shape index (κ3) is 38.9. The van der Waals surface area contributed by atoms with E-state index in [1.54, 1.807) is 0 Å². The maximum Gasteiger partial charge on any atom is 0.306 e. The Morgan fingerprint density at radius 2 is 0.929 bits per heavy atom. The van der Waals surface area contributed by atoms with Crippen LogP contribution >= 0.6 is 0 Å². The van der Waals surface area contributed by atoms with Crippen LogP contribution < -0.4 is 5.32 Å². The third-order valence-electron chi connectivity index (χ3n) is 11.0. The molecule has 56 heavy (non-hydrogen) atoms. The number of allylic oxidation sites excluding steroid dienone is 6. The van der Waals surface area contributed by atoms with Gasteiger partial charge in [-0.05, 0) is 70.6 Å². The molecule has 3 N–H and O–H groups in total. The number of aliphatic hydroxyl groups excluding tert-OH is 2. The molecule has 0 saturated heterocycles. The fourth-order valence-corrected chi connectivity index (χ4v) is 7.22. The minimum atomic E-state index is -0.792. The van der Waals surface area contributed by atoms with Crippen LogP contribution in [-0.2, 0) is 14.3 Å². The Balaban J connectivity index is 4.65. The molecule has 0 aliphatic carbocycles. The molecule has 0 saturated carbocycles. The van der Waals surface area contributed by atoms with Crippen LogP contribution in [0.2, 0.25) is 0 Å². The Kier molecular flexibility index (Phi) is 42.7. The number of ether oxygens (including phenoxy) is 1. The summed E-state index contributed by atoms with van der Waals surface area (Å²) in [5, 5.41) is 23.6. The second-order valence-corrected chi connectivity index (χ2v) is 16.5. The van der Waals surface area contributed by atoms with E-state index in [4.69, 9.17) is 4.74 Å². The van der Waals surface area contributed by atoms with Crippen LogP contribution in [0, 0.1) is 0 Å². The summed E-state index contributed by atoms with van der Waals surface area (Å²) >= 11 is 0. The quantitative estimate of drug-likeness (QED) is 0.0247. The van der Waals surface area contributed by atoms with Crippen LogP contribution in [0.4, 0.5) is 0 Å². The van der Waals surface area contributed by atoms with Crippen LogP contribution in [0.3, 0.4) is 0 Å². The number of aliphatic hydroxyl groups is 2. The molecule has 3 atom stereocenters. The second kappa shape index (κ2) is 44.2. The first-order valence-corrected chi connectivity index (χ1v) is 24.2. The van der Waals surface area contributed by atoms with Crippen LogP contribution in [0.1, 0.15) is 245 Å². The van der Waals surface area contributed by atoms with Gasteiger partial charge in [0.25, 0.3) is 0 Å². The standard InChI is InChI=1S/C50H93NO5/c1-4-7-10-13-16-19-22-23-24-25-26-28-29-32-35-38-41-46(56-50(55)43-40-37-34-31-27-20-17-14-11-8-5-2)44-49(54)51-47(45-52)48(53)42-39-36-33-30-21-18-15-12-9-6-3/h14,17,24-26,28,46-48,52-53H,4-13,15-16,18-23,27,29-45H2,1-3H3,(H,51,54)/b17-14-,25-24+,28-26+. The van der Waals surface area contributed by atoms with Gasteiger partial charge in [0.15, 0.2) is 0 Å². The van der Waals surface area contributed by atoms with Gasteiger partial charge in [-0.2, -0.15) is 0 Å². The van der Waals surface area contributed by atoms with E-state index >= 15 is 0 Å². The Bertz CT molecular complexity index is 930. The van der Waals surface area contributed by atoms with Gasteiger partial charge in [0, 0.05) is 6.42 Å². The third-order valence-corrected chi connectivity index (χ3v) is 11.0. The van der Waals surface area contributed by atoms with Crippen molar-refractivity contribution in [3.05, 3.63) is 36.5 Å². The van der Waals surface area contributed by atoms with E-state index in [1.165, 1.54) is 122 Å². The van der Waals surface area contributed by atoms with Gasteiger partial charge < -0.3 is 20.3 Å². The molecule has 0 heterocycles. The van der Waals surface area contributed by atoms with Gasteiger partial charge in [-0.15, -0.1) is 0 Å². The summed E-state index contributed by atoms with van der Waals surface area (Å²) in [6, 6.07) is -0.708. The van der Waals surface area contributed by atoms with Crippen molar-refractivity contribution < 1.29 is 24.5 Å². The zero-order valence-electron chi connectivity index (χ0n) is 37.3. The summed E-state index contributed by atoms with van der Waals surface area (Å²) in [6.45, 7) is 6.42. The molecule has 0 aromatic carbocycles. The summed E-state index contributed by atoms with van der Waals surface area (Å²) in [7, 11) is 0. The van der Waals surface area contributed by atoms with E-state index in [9.17, 15) is 19.8 Å². The molecule has 0 rings (SSSR count). The topological polar surface area (TPSA) is 95.9 Å². The zero-order valence-corrected chi connectivity index (χ0v) is 37.3. The maximum absolute atomic E-state index is 13.1. The highest BCUT2D eigenvalue weighted by Crippen LogP contribution is 2.17. The van der Waals surface area contributed by atoms with Gasteiger partial charge in [0.2, 0.25) is 5.91 Å². The fourth-order valence-electron chi connectivity index (χ4n) is 7.22. The first-order chi connectivity index (χ1) is 27.5. The van der Waals surface area contributed by atoms with Gasteiger partial charge in [-0.3, -0.25) is 9.59 Å². The molecule has 0 radical (unpaired) electrons. The molecule has 0 fully saturated rings. The normalized spacial score (nSPS) is 13.6. The Labute approximate surface area is 347 Å². The molecule has 0 aromatic rings. The summed E-state index contributed by atoms with van der Waals surface area (Å²) in [5.41, 5.74) is 0. The van der Waals surface area contributed by atoms with Gasteiger partial charge >= 0.3 is 5.97 Å². The van der Waals surface area contributed by atoms with E-state index in [1.807, 2.05) is 0 Å². The van der Waals surface area contributed by atoms with E-state index < -0.39 is 18.2 Å². The minimum absolute atomic E-state index is 0.0580. The van der Waals surface area contributed by atoms with Crippen molar-refractivity contribution in [1.29, 1.82) is 0 Å². The van der Waals surface area contributed by atoms with Crippen molar-refractivity contribution in [1.82, 2.24) is 5.32 Å². The van der Waals surface area contributed by atoms with Crippen molar-refractivity contribution in [3.8, 4) is 0 Å². The van der Waals surface area contributed by atoms with Crippen molar-refractivity contribution in [2.75, 3.05) is 6.61 Å². The first kappa shape index (κ1) is 54.1. The second-order valence-electron chi connectivity index (χ2n) is 16.5. The van der Waals surface area contributed by atoms with Gasteiger partial charge in [-0.25, -0.2) is 0 Å². The Hall–Kier alpha value is -1.92. The van der Waals surface area contributed by atoms with E-state index in [2.05, 4.69) is 62.5 Å². The van der Waals surface area contributed by atoms with Crippen LogP contribution in [-0.4, -0.2) is 46.9 Å². The highest BCUT2D eigenvalue weighted by Gasteiger charge is 2.24. The smallest absolute Gasteiger partial charge is 0.306 e. The Morgan fingerprint density at radius 1 is 0.518 bits per heavy atom. The number of nitrogens with one attached hydrogen (secondary N) is 1. The molecule has 0 aliphatic heterocycles. The van der Waals surface area contributed by atoms with Gasteiger partial charge in [0.1, 0.15) is 6.10 Å². The lowest BCUT2D eigenvalue weighted by Crippen LogP contribution is -2.46. The van der Waals surface area contributed by atoms with Crippen molar-refractivity contribution in [2.24, 2.45) is 0 Å². The molecule has 0 bridgehead atoms. The summed E-state index contributed by atoms with van der Waals surface area (Å²) in [6.07, 6.45) is 50.6. The lowest BCUT2D eigenvalue weighted by molar-refractivity contribution is -0.151. The van der Waals surface area contributed by atoms with E-state index in [-0.39, 0.29) is 24.9 Å². The number of unbranched alkanes of at least 4 members (excludes halogenated alkanes) is 26. The lowest BCUT2D eigenvalue weighted by atomic mass is 10.0. The molecule has 0 spiro atoms. The largest absolute Gasteiger partial charge is 0.462 e. The van der Waals surface area contributed by atoms with Crippen molar-refractivity contribution >= 4 is 11.9 Å². The summed E-state index contributed by atoms with van der Waals surface area (Å²) in [5.74, 6) is -0.508. The van der Waals surface area contributed by atoms with Crippen molar-refractivity contribution in [3.63, 3.8) is 0 Å². The predicted octanol–water partition coefficient (Wildman–Crippen LogP) is 14.1. The molecule has 6 heteroatoms. The highest BCUT2D eigenvalue weighted by atomic mass is 16.5. The monoisotopic (exact) mass is 788 g/mol. The zero-order chi connectivity index (χ0) is 41.0. The van der Waals surface area contributed by atoms with Gasteiger partial charge in [-0.1, -0.05) is 198 Å². The maximum atomic E-state index is 13.1. The number of esters is 1. The SMILES string of the molecule is CCCC/C=C\CCCCCCCC(=O)OC(CCCCC/C=C/C=C/CCCCCCCCC)CC(=O)NC(CO)C(O)CCCCCCCCCCCC. The van der Waals surface area contributed by atoms with E-state index in [0.29, 0.717) is 19.3 Å². The molecular formula is C50H93NO5. The first-order valence-electron chi connectivity index (χ1n) is 24.2. The highest BCUT2D eigenvalue weighted by molar-refractivity contribution is 5.77. The molecule has 6 nitrogen and oxygen atoms in total. The number of hydrogen-bond donors (Lipinski definition) is 3. The molecule has 0 aromatic heterocycles. The molecule has 1 amide bonds. The number of amides is 1.